The van der Waals surface area contributed by atoms with E-state index in [1.165, 1.54) is 12.8 Å². The van der Waals surface area contributed by atoms with Gasteiger partial charge in [-0.05, 0) is 47.3 Å². The monoisotopic (exact) mass is 402 g/mol. The summed E-state index contributed by atoms with van der Waals surface area (Å²) in [5.41, 5.74) is 0.661. The summed E-state index contributed by atoms with van der Waals surface area (Å²) in [4.78, 5) is 14.8. The van der Waals surface area contributed by atoms with Gasteiger partial charge in [0.1, 0.15) is 13.2 Å². The van der Waals surface area contributed by atoms with Gasteiger partial charge in [0.25, 0.3) is 5.91 Å². The lowest BCUT2D eigenvalue weighted by Gasteiger charge is -2.26. The first kappa shape index (κ1) is 16.9. The van der Waals surface area contributed by atoms with E-state index in [0.717, 1.165) is 24.0 Å². The Hall–Kier alpha value is -0.980. The number of hydrogen-bond acceptors (Lipinski definition) is 4. The number of benzene rings is 1. The van der Waals surface area contributed by atoms with Crippen LogP contribution in [0, 0.1) is 0 Å². The van der Waals surface area contributed by atoms with Crippen LogP contribution in [0.5, 0.6) is 11.5 Å². The summed E-state index contributed by atoms with van der Waals surface area (Å²) in [6.45, 7) is 2.68. The fraction of sp³-hybridized carbons (Fsp3) is 0.562. The molecule has 1 aromatic rings. The van der Waals surface area contributed by atoms with Crippen molar-refractivity contribution in [1.82, 2.24) is 10.2 Å². The minimum absolute atomic E-state index is 0. The third-order valence-electron chi connectivity index (χ3n) is 4.65. The number of rotatable bonds is 1. The molecule has 3 heterocycles. The SMILES string of the molecule is Cl.O=C(c1cc(Br)c2c(c1)OCCO2)N1CCC2CCC(C1)N2. The molecule has 2 bridgehead atoms. The highest BCUT2D eigenvalue weighted by Gasteiger charge is 2.32. The van der Waals surface area contributed by atoms with E-state index in [0.29, 0.717) is 42.4 Å². The number of ether oxygens (including phenoxy) is 2. The quantitative estimate of drug-likeness (QED) is 0.783. The van der Waals surface area contributed by atoms with Crippen LogP contribution in [-0.4, -0.2) is 49.2 Å². The lowest BCUT2D eigenvalue weighted by Crippen LogP contribution is -2.39. The topological polar surface area (TPSA) is 50.8 Å². The summed E-state index contributed by atoms with van der Waals surface area (Å²) in [6.07, 6.45) is 3.44. The summed E-state index contributed by atoms with van der Waals surface area (Å²) < 4.78 is 12.0. The van der Waals surface area contributed by atoms with Gasteiger partial charge in [-0.3, -0.25) is 4.79 Å². The second-order valence-electron chi connectivity index (χ2n) is 6.16. The Labute approximate surface area is 150 Å². The average molecular weight is 404 g/mol. The largest absolute Gasteiger partial charge is 0.486 e. The molecule has 0 aliphatic carbocycles. The van der Waals surface area contributed by atoms with Crippen molar-refractivity contribution in [2.24, 2.45) is 0 Å². The number of fused-ring (bicyclic) bond motifs is 3. The van der Waals surface area contributed by atoms with Crippen molar-refractivity contribution in [3.8, 4) is 11.5 Å². The molecule has 0 radical (unpaired) electrons. The van der Waals surface area contributed by atoms with Crippen molar-refractivity contribution < 1.29 is 14.3 Å². The maximum absolute atomic E-state index is 12.8. The number of amides is 1. The zero-order valence-corrected chi connectivity index (χ0v) is 15.1. The fourth-order valence-electron chi connectivity index (χ4n) is 3.54. The van der Waals surface area contributed by atoms with Crippen LogP contribution in [0.25, 0.3) is 0 Å². The number of carbonyl (C=O) groups is 1. The third kappa shape index (κ3) is 3.30. The summed E-state index contributed by atoms with van der Waals surface area (Å²) >= 11 is 3.49. The first-order valence-corrected chi connectivity index (χ1v) is 8.64. The number of likely N-dealkylation sites (tertiary alicyclic amines) is 1. The molecule has 2 fully saturated rings. The predicted octanol–water partition coefficient (Wildman–Crippen LogP) is 2.61. The Balaban J connectivity index is 0.00000156. The van der Waals surface area contributed by atoms with Crippen molar-refractivity contribution in [2.45, 2.75) is 31.3 Å². The minimum Gasteiger partial charge on any atom is -0.486 e. The highest BCUT2D eigenvalue weighted by molar-refractivity contribution is 9.10. The fourth-order valence-corrected chi connectivity index (χ4v) is 4.10. The molecule has 126 valence electrons. The molecule has 7 heteroatoms. The van der Waals surface area contributed by atoms with E-state index < -0.39 is 0 Å². The van der Waals surface area contributed by atoms with E-state index in [1.807, 2.05) is 11.0 Å². The van der Waals surface area contributed by atoms with Crippen LogP contribution in [0.3, 0.4) is 0 Å². The van der Waals surface area contributed by atoms with Crippen molar-refractivity contribution in [3.05, 3.63) is 22.2 Å². The number of nitrogens with one attached hydrogen (secondary N) is 1. The number of carbonyl (C=O) groups excluding carboxylic acids is 1. The van der Waals surface area contributed by atoms with Crippen molar-refractivity contribution in [1.29, 1.82) is 0 Å². The second kappa shape index (κ2) is 6.87. The minimum atomic E-state index is 0. The molecule has 2 saturated heterocycles. The molecule has 1 N–H and O–H groups in total. The van der Waals surface area contributed by atoms with Gasteiger partial charge in [-0.25, -0.2) is 0 Å². The van der Waals surface area contributed by atoms with Crippen LogP contribution in [0.4, 0.5) is 0 Å². The number of nitrogens with zero attached hydrogens (tertiary/aromatic N) is 1. The van der Waals surface area contributed by atoms with Gasteiger partial charge in [0.2, 0.25) is 0 Å². The van der Waals surface area contributed by atoms with E-state index >= 15 is 0 Å². The molecule has 2 unspecified atom stereocenters. The highest BCUT2D eigenvalue weighted by atomic mass is 79.9. The lowest BCUT2D eigenvalue weighted by molar-refractivity contribution is 0.0747. The van der Waals surface area contributed by atoms with Gasteiger partial charge in [0.15, 0.2) is 11.5 Å². The first-order chi connectivity index (χ1) is 10.7. The third-order valence-corrected chi connectivity index (χ3v) is 5.24. The molecule has 0 spiro atoms. The molecule has 3 aliphatic heterocycles. The molecule has 0 saturated carbocycles. The van der Waals surface area contributed by atoms with Gasteiger partial charge in [-0.1, -0.05) is 0 Å². The normalized spacial score (nSPS) is 25.5. The van der Waals surface area contributed by atoms with Gasteiger partial charge in [0, 0.05) is 30.7 Å². The predicted molar refractivity (Wildman–Crippen MR) is 92.8 cm³/mol. The molecular formula is C16H20BrClN2O3. The molecule has 1 amide bonds. The molecule has 3 aliphatic rings. The number of hydrogen-bond donors (Lipinski definition) is 1. The smallest absolute Gasteiger partial charge is 0.254 e. The molecule has 4 rings (SSSR count). The average Bonchev–Trinajstić information content (AvgIpc) is 2.86. The van der Waals surface area contributed by atoms with E-state index in [1.54, 1.807) is 6.07 Å². The van der Waals surface area contributed by atoms with Crippen LogP contribution < -0.4 is 14.8 Å². The lowest BCUT2D eigenvalue weighted by atomic mass is 10.1. The van der Waals surface area contributed by atoms with Crippen LogP contribution in [0.1, 0.15) is 29.6 Å². The van der Waals surface area contributed by atoms with Crippen molar-refractivity contribution in [3.63, 3.8) is 0 Å². The van der Waals surface area contributed by atoms with Gasteiger partial charge in [-0.15, -0.1) is 12.4 Å². The van der Waals surface area contributed by atoms with Crippen molar-refractivity contribution >= 4 is 34.2 Å². The molecule has 23 heavy (non-hydrogen) atoms. The Bertz CT molecular complexity index is 613. The zero-order chi connectivity index (χ0) is 15.1. The Morgan fingerprint density at radius 2 is 1.96 bits per heavy atom. The molecular weight excluding hydrogens is 384 g/mol. The van der Waals surface area contributed by atoms with E-state index in [-0.39, 0.29) is 18.3 Å². The summed E-state index contributed by atoms with van der Waals surface area (Å²) in [7, 11) is 0. The van der Waals surface area contributed by atoms with Gasteiger partial charge >= 0.3 is 0 Å². The highest BCUT2D eigenvalue weighted by Crippen LogP contribution is 2.39. The molecule has 2 atom stereocenters. The first-order valence-electron chi connectivity index (χ1n) is 7.85. The standard InChI is InChI=1S/C16H19BrN2O3.ClH/c17-13-7-10(8-14-15(13)22-6-5-21-14)16(20)19-4-3-11-1-2-12(9-19)18-11;/h7-8,11-12,18H,1-6,9H2;1H. The van der Waals surface area contributed by atoms with E-state index in [4.69, 9.17) is 9.47 Å². The second-order valence-corrected chi connectivity index (χ2v) is 7.01. The van der Waals surface area contributed by atoms with Crippen LogP contribution in [0.2, 0.25) is 0 Å². The van der Waals surface area contributed by atoms with Crippen LogP contribution in [0.15, 0.2) is 16.6 Å². The van der Waals surface area contributed by atoms with Gasteiger partial charge < -0.3 is 19.7 Å². The Kier molecular flexibility index (Phi) is 5.04. The summed E-state index contributed by atoms with van der Waals surface area (Å²) in [5, 5.41) is 3.60. The summed E-state index contributed by atoms with van der Waals surface area (Å²) in [5.74, 6) is 1.42. The molecule has 5 nitrogen and oxygen atoms in total. The molecule has 1 aromatic carbocycles. The zero-order valence-electron chi connectivity index (χ0n) is 12.7. The van der Waals surface area contributed by atoms with Crippen LogP contribution >= 0.6 is 28.3 Å². The van der Waals surface area contributed by atoms with E-state index in [2.05, 4.69) is 21.2 Å². The van der Waals surface area contributed by atoms with Crippen LogP contribution in [-0.2, 0) is 0 Å². The maximum Gasteiger partial charge on any atom is 0.254 e. The molecule has 0 aromatic heterocycles. The van der Waals surface area contributed by atoms with Crippen molar-refractivity contribution in [2.75, 3.05) is 26.3 Å². The number of halogens is 2. The maximum atomic E-state index is 12.8. The summed E-state index contributed by atoms with van der Waals surface area (Å²) in [6, 6.07) is 4.66. The van der Waals surface area contributed by atoms with Gasteiger partial charge in [-0.2, -0.15) is 0 Å². The Morgan fingerprint density at radius 1 is 1.17 bits per heavy atom. The van der Waals surface area contributed by atoms with Gasteiger partial charge in [0.05, 0.1) is 4.47 Å². The van der Waals surface area contributed by atoms with E-state index in [9.17, 15) is 4.79 Å². The Morgan fingerprint density at radius 3 is 2.83 bits per heavy atom.